The van der Waals surface area contributed by atoms with Crippen LogP contribution in [-0.2, 0) is 4.79 Å². The molecule has 0 bridgehead atoms. The highest BCUT2D eigenvalue weighted by Crippen LogP contribution is 2.13. The molecule has 0 spiro atoms. The van der Waals surface area contributed by atoms with E-state index < -0.39 is 12.1 Å². The minimum Gasteiger partial charge on any atom is -0.394 e. The second kappa shape index (κ2) is 27.5. The number of allylic oxidation sites excluding steroid dienone is 4. The molecule has 0 aromatic carbocycles. The highest BCUT2D eigenvalue weighted by atomic mass is 16.3. The maximum absolute atomic E-state index is 12.2. The van der Waals surface area contributed by atoms with Crippen molar-refractivity contribution in [2.45, 2.75) is 161 Å². The second-order valence-corrected chi connectivity index (χ2v) is 10.2. The average Bonchev–Trinajstić information content (AvgIpc) is 2.86. The van der Waals surface area contributed by atoms with E-state index in [1.807, 2.05) is 0 Å². The Morgan fingerprint density at radius 2 is 1.20 bits per heavy atom. The van der Waals surface area contributed by atoms with E-state index in [1.54, 1.807) is 0 Å². The van der Waals surface area contributed by atoms with Gasteiger partial charge in [0.25, 0.3) is 0 Å². The molecule has 0 aliphatic carbocycles. The number of unbranched alkanes of at least 4 members (excludes halogenated alkanes) is 15. The molecule has 4 nitrogen and oxygen atoms in total. The van der Waals surface area contributed by atoms with Gasteiger partial charge in [-0.25, -0.2) is 0 Å². The van der Waals surface area contributed by atoms with Gasteiger partial charge in [-0.1, -0.05) is 128 Å². The van der Waals surface area contributed by atoms with Crippen molar-refractivity contribution in [2.75, 3.05) is 6.61 Å². The fourth-order valence-corrected chi connectivity index (χ4v) is 4.31. The number of hydrogen-bond donors (Lipinski definition) is 3. The first kappa shape index (κ1) is 33.9. The average molecular weight is 494 g/mol. The third-order valence-electron chi connectivity index (χ3n) is 6.72. The standard InChI is InChI=1S/C31H59NO3/c1-3-5-7-9-11-13-14-15-16-17-19-21-23-25-27-31(35)32-29(28-33)30(34)26-24-22-20-18-12-10-8-6-4-2/h9,11,14-15,29-30,33-34H,3-8,10,12-13,16-28H2,1-2H3,(H,32,35)/b11-9-,15-14-. The lowest BCUT2D eigenvalue weighted by Gasteiger charge is -2.22. The summed E-state index contributed by atoms with van der Waals surface area (Å²) in [5.74, 6) is -0.0508. The number of carbonyl (C=O) groups is 1. The quantitative estimate of drug-likeness (QED) is 0.0840. The van der Waals surface area contributed by atoms with Crippen molar-refractivity contribution in [3.8, 4) is 0 Å². The van der Waals surface area contributed by atoms with Gasteiger partial charge in [-0.05, 0) is 38.5 Å². The van der Waals surface area contributed by atoms with Gasteiger partial charge in [0.1, 0.15) is 0 Å². The lowest BCUT2D eigenvalue weighted by molar-refractivity contribution is -0.123. The van der Waals surface area contributed by atoms with E-state index in [1.165, 1.54) is 77.0 Å². The molecular formula is C31H59NO3. The smallest absolute Gasteiger partial charge is 0.220 e. The normalized spacial score (nSPS) is 13.6. The Hall–Kier alpha value is -1.13. The van der Waals surface area contributed by atoms with E-state index in [0.29, 0.717) is 12.8 Å². The van der Waals surface area contributed by atoms with Crippen LogP contribution >= 0.6 is 0 Å². The minimum atomic E-state index is -0.659. The zero-order valence-electron chi connectivity index (χ0n) is 23.3. The zero-order chi connectivity index (χ0) is 25.8. The summed E-state index contributed by atoms with van der Waals surface area (Å²) in [4.78, 5) is 12.2. The van der Waals surface area contributed by atoms with Crippen molar-refractivity contribution in [2.24, 2.45) is 0 Å². The molecule has 0 aliphatic heterocycles. The van der Waals surface area contributed by atoms with E-state index in [9.17, 15) is 15.0 Å². The molecule has 0 aliphatic rings. The monoisotopic (exact) mass is 493 g/mol. The minimum absolute atomic E-state index is 0.0508. The molecule has 0 aromatic rings. The van der Waals surface area contributed by atoms with Crippen LogP contribution in [0, 0.1) is 0 Å². The maximum atomic E-state index is 12.2. The van der Waals surface area contributed by atoms with Crippen LogP contribution in [0.2, 0.25) is 0 Å². The number of amides is 1. The number of nitrogens with one attached hydrogen (secondary N) is 1. The van der Waals surface area contributed by atoms with E-state index in [4.69, 9.17) is 0 Å². The summed E-state index contributed by atoms with van der Waals surface area (Å²) in [6, 6.07) is -0.537. The number of carbonyl (C=O) groups excluding carboxylic acids is 1. The van der Waals surface area contributed by atoms with Gasteiger partial charge in [-0.3, -0.25) is 4.79 Å². The third kappa shape index (κ3) is 24.3. The molecule has 1 amide bonds. The van der Waals surface area contributed by atoms with Gasteiger partial charge in [0.15, 0.2) is 0 Å². The summed E-state index contributed by atoms with van der Waals surface area (Å²) in [6.45, 7) is 4.26. The summed E-state index contributed by atoms with van der Waals surface area (Å²) in [5, 5.41) is 22.8. The molecule has 0 radical (unpaired) electrons. The van der Waals surface area contributed by atoms with Crippen molar-refractivity contribution >= 4 is 5.91 Å². The number of rotatable bonds is 26. The van der Waals surface area contributed by atoms with Crippen molar-refractivity contribution in [1.29, 1.82) is 0 Å². The Labute approximate surface area is 218 Å². The summed E-state index contributed by atoms with van der Waals surface area (Å²) in [6.07, 6.45) is 32.1. The maximum Gasteiger partial charge on any atom is 0.220 e. The molecule has 0 fully saturated rings. The van der Waals surface area contributed by atoms with Gasteiger partial charge in [0.2, 0.25) is 5.91 Å². The number of aliphatic hydroxyl groups excluding tert-OH is 2. The Balaban J connectivity index is 3.65. The lowest BCUT2D eigenvalue weighted by Crippen LogP contribution is -2.45. The predicted octanol–water partition coefficient (Wildman–Crippen LogP) is 8.17. The van der Waals surface area contributed by atoms with Crippen LogP contribution in [0.1, 0.15) is 149 Å². The Bertz CT molecular complexity index is 503. The van der Waals surface area contributed by atoms with Crippen molar-refractivity contribution in [1.82, 2.24) is 5.32 Å². The Morgan fingerprint density at radius 3 is 1.80 bits per heavy atom. The fourth-order valence-electron chi connectivity index (χ4n) is 4.31. The van der Waals surface area contributed by atoms with Crippen LogP contribution in [-0.4, -0.2) is 34.9 Å². The fraction of sp³-hybridized carbons (Fsp3) is 0.839. The van der Waals surface area contributed by atoms with Crippen molar-refractivity contribution in [3.05, 3.63) is 24.3 Å². The van der Waals surface area contributed by atoms with Crippen LogP contribution in [0.5, 0.6) is 0 Å². The second-order valence-electron chi connectivity index (χ2n) is 10.2. The Morgan fingerprint density at radius 1 is 0.686 bits per heavy atom. The largest absolute Gasteiger partial charge is 0.394 e. The van der Waals surface area contributed by atoms with Crippen LogP contribution in [0.25, 0.3) is 0 Å². The predicted molar refractivity (Wildman–Crippen MR) is 152 cm³/mol. The van der Waals surface area contributed by atoms with Gasteiger partial charge in [0.05, 0.1) is 18.8 Å². The molecule has 0 heterocycles. The van der Waals surface area contributed by atoms with E-state index in [2.05, 4.69) is 43.5 Å². The molecule has 0 saturated heterocycles. The van der Waals surface area contributed by atoms with Gasteiger partial charge in [-0.2, -0.15) is 0 Å². The van der Waals surface area contributed by atoms with E-state index >= 15 is 0 Å². The van der Waals surface area contributed by atoms with Crippen LogP contribution in [0.15, 0.2) is 24.3 Å². The zero-order valence-corrected chi connectivity index (χ0v) is 23.3. The summed E-state index contributed by atoms with van der Waals surface area (Å²) in [5.41, 5.74) is 0. The SMILES string of the molecule is CCCC/C=C\C/C=C\CCCCCCCC(=O)NC(CO)C(O)CCCCCCCCCCC. The highest BCUT2D eigenvalue weighted by molar-refractivity contribution is 5.76. The van der Waals surface area contributed by atoms with Gasteiger partial charge in [0, 0.05) is 6.42 Å². The molecule has 3 N–H and O–H groups in total. The molecular weight excluding hydrogens is 434 g/mol. The van der Waals surface area contributed by atoms with Gasteiger partial charge in [-0.15, -0.1) is 0 Å². The summed E-state index contributed by atoms with van der Waals surface area (Å²) in [7, 11) is 0. The van der Waals surface area contributed by atoms with Crippen LogP contribution < -0.4 is 5.32 Å². The third-order valence-corrected chi connectivity index (χ3v) is 6.72. The molecule has 2 unspecified atom stereocenters. The van der Waals surface area contributed by atoms with E-state index in [-0.39, 0.29) is 12.5 Å². The molecule has 0 rings (SSSR count). The van der Waals surface area contributed by atoms with Crippen LogP contribution in [0.3, 0.4) is 0 Å². The molecule has 4 heteroatoms. The number of aliphatic hydroxyl groups is 2. The van der Waals surface area contributed by atoms with Crippen molar-refractivity contribution < 1.29 is 15.0 Å². The van der Waals surface area contributed by atoms with Gasteiger partial charge >= 0.3 is 0 Å². The first-order chi connectivity index (χ1) is 17.2. The summed E-state index contributed by atoms with van der Waals surface area (Å²) < 4.78 is 0. The molecule has 2 atom stereocenters. The first-order valence-electron chi connectivity index (χ1n) is 15.0. The molecule has 0 aromatic heterocycles. The lowest BCUT2D eigenvalue weighted by atomic mass is 10.0. The first-order valence-corrected chi connectivity index (χ1v) is 15.0. The van der Waals surface area contributed by atoms with Crippen molar-refractivity contribution in [3.63, 3.8) is 0 Å². The molecule has 206 valence electrons. The van der Waals surface area contributed by atoms with Crippen LogP contribution in [0.4, 0.5) is 0 Å². The van der Waals surface area contributed by atoms with Gasteiger partial charge < -0.3 is 15.5 Å². The number of hydrogen-bond acceptors (Lipinski definition) is 3. The van der Waals surface area contributed by atoms with E-state index in [0.717, 1.165) is 44.9 Å². The Kier molecular flexibility index (Phi) is 26.6. The molecule has 35 heavy (non-hydrogen) atoms. The highest BCUT2D eigenvalue weighted by Gasteiger charge is 2.19. The summed E-state index contributed by atoms with van der Waals surface area (Å²) >= 11 is 0. The topological polar surface area (TPSA) is 69.6 Å². The molecule has 0 saturated carbocycles.